The molecule has 1 N–H and O–H groups in total. The molecule has 0 saturated carbocycles. The van der Waals surface area contributed by atoms with Gasteiger partial charge in [-0.25, -0.2) is 4.79 Å². The number of aryl methyl sites for hydroxylation is 2. The summed E-state index contributed by atoms with van der Waals surface area (Å²) in [6.45, 7) is 3.56. The van der Waals surface area contributed by atoms with E-state index < -0.39 is 0 Å². The molecule has 2 aromatic rings. The van der Waals surface area contributed by atoms with Gasteiger partial charge in [-0.1, -0.05) is 5.16 Å². The van der Waals surface area contributed by atoms with Gasteiger partial charge in [0.1, 0.15) is 11.4 Å². The molecule has 18 heavy (non-hydrogen) atoms. The van der Waals surface area contributed by atoms with E-state index in [0.29, 0.717) is 22.8 Å². The smallest absolute Gasteiger partial charge is 0.326 e. The summed E-state index contributed by atoms with van der Waals surface area (Å²) in [6.07, 6.45) is 3.23. The van der Waals surface area contributed by atoms with Crippen molar-refractivity contribution in [3.63, 3.8) is 0 Å². The van der Waals surface area contributed by atoms with Gasteiger partial charge in [-0.05, 0) is 26.0 Å². The number of nitrogens with one attached hydrogen (secondary N) is 1. The highest BCUT2D eigenvalue weighted by Crippen LogP contribution is 2.23. The lowest BCUT2D eigenvalue weighted by atomic mass is 10.3. The number of anilines is 2. The monoisotopic (exact) mass is 246 g/mol. The number of carbonyl (C=O) groups is 1. The van der Waals surface area contributed by atoms with Crippen molar-refractivity contribution in [1.29, 1.82) is 0 Å². The number of hydrogen-bond donors (Lipinski definition) is 1. The van der Waals surface area contributed by atoms with Gasteiger partial charge >= 0.3 is 6.03 Å². The van der Waals surface area contributed by atoms with Crippen molar-refractivity contribution in [3.05, 3.63) is 36.0 Å². The van der Waals surface area contributed by atoms with Gasteiger partial charge < -0.3 is 9.84 Å². The molecule has 0 spiro atoms. The molecule has 2 amide bonds. The summed E-state index contributed by atoms with van der Waals surface area (Å²) >= 11 is 0. The summed E-state index contributed by atoms with van der Waals surface area (Å²) in [5, 5.41) is 6.56. The van der Waals surface area contributed by atoms with Crippen LogP contribution in [0.25, 0.3) is 0 Å². The summed E-state index contributed by atoms with van der Waals surface area (Å²) in [5.74, 6) is 0.608. The molecular formula is C12H14N4O2. The van der Waals surface area contributed by atoms with Gasteiger partial charge in [-0.15, -0.1) is 0 Å². The number of nitrogens with zero attached hydrogens (tertiary/aromatic N) is 3. The molecule has 0 fully saturated rings. The van der Waals surface area contributed by atoms with Crippen LogP contribution in [0.1, 0.15) is 11.5 Å². The molecule has 0 aliphatic carbocycles. The maximum absolute atomic E-state index is 12.0. The van der Waals surface area contributed by atoms with E-state index in [1.165, 1.54) is 4.90 Å². The van der Waals surface area contributed by atoms with E-state index in [1.54, 1.807) is 45.4 Å². The molecule has 6 heteroatoms. The van der Waals surface area contributed by atoms with Crippen LogP contribution in [0.4, 0.5) is 16.2 Å². The highest BCUT2D eigenvalue weighted by Gasteiger charge is 2.19. The SMILES string of the molecule is Cc1noc(C)c1N(C)C(=O)Nc1cccnc1. The Labute approximate surface area is 105 Å². The van der Waals surface area contributed by atoms with Gasteiger partial charge in [0.2, 0.25) is 0 Å². The molecule has 6 nitrogen and oxygen atoms in total. The normalized spacial score (nSPS) is 10.2. The number of carbonyl (C=O) groups excluding carboxylic acids is 1. The average Bonchev–Trinajstić information content (AvgIpc) is 2.69. The maximum atomic E-state index is 12.0. The molecule has 0 bridgehead atoms. The summed E-state index contributed by atoms with van der Waals surface area (Å²) in [4.78, 5) is 17.4. The van der Waals surface area contributed by atoms with Gasteiger partial charge in [0.05, 0.1) is 11.9 Å². The van der Waals surface area contributed by atoms with Crippen LogP contribution in [-0.2, 0) is 0 Å². The predicted octanol–water partition coefficient (Wildman–Crippen LogP) is 2.35. The maximum Gasteiger partial charge on any atom is 0.326 e. The Balaban J connectivity index is 2.15. The van der Waals surface area contributed by atoms with Gasteiger partial charge in [0.15, 0.2) is 5.76 Å². The number of urea groups is 1. The Morgan fingerprint density at radius 2 is 2.22 bits per heavy atom. The minimum absolute atomic E-state index is 0.266. The summed E-state index contributed by atoms with van der Waals surface area (Å²) in [7, 11) is 1.66. The molecule has 2 heterocycles. The van der Waals surface area contributed by atoms with Crippen molar-refractivity contribution in [3.8, 4) is 0 Å². The molecule has 0 aromatic carbocycles. The fourth-order valence-corrected chi connectivity index (χ4v) is 1.70. The van der Waals surface area contributed by atoms with E-state index in [-0.39, 0.29) is 6.03 Å². The van der Waals surface area contributed by atoms with Crippen molar-refractivity contribution >= 4 is 17.4 Å². The van der Waals surface area contributed by atoms with E-state index in [2.05, 4.69) is 15.5 Å². The summed E-state index contributed by atoms with van der Waals surface area (Å²) in [6, 6.07) is 3.26. The molecule has 0 aliphatic rings. The zero-order valence-corrected chi connectivity index (χ0v) is 10.5. The lowest BCUT2D eigenvalue weighted by Gasteiger charge is -2.17. The highest BCUT2D eigenvalue weighted by atomic mass is 16.5. The number of hydrogen-bond acceptors (Lipinski definition) is 4. The van der Waals surface area contributed by atoms with Gasteiger partial charge in [-0.3, -0.25) is 9.88 Å². The van der Waals surface area contributed by atoms with Crippen LogP contribution in [0.5, 0.6) is 0 Å². The van der Waals surface area contributed by atoms with Crippen molar-refractivity contribution in [2.24, 2.45) is 0 Å². The molecule has 94 valence electrons. The summed E-state index contributed by atoms with van der Waals surface area (Å²) < 4.78 is 5.03. The van der Waals surface area contributed by atoms with Crippen LogP contribution in [0.15, 0.2) is 29.0 Å². The van der Waals surface area contributed by atoms with E-state index >= 15 is 0 Å². The van der Waals surface area contributed by atoms with Crippen molar-refractivity contribution in [1.82, 2.24) is 10.1 Å². The Hall–Kier alpha value is -2.37. The Morgan fingerprint density at radius 3 is 2.78 bits per heavy atom. The van der Waals surface area contributed by atoms with E-state index in [1.807, 2.05) is 0 Å². The topological polar surface area (TPSA) is 71.3 Å². The molecule has 0 atom stereocenters. The van der Waals surface area contributed by atoms with Crippen LogP contribution in [-0.4, -0.2) is 23.2 Å². The minimum atomic E-state index is -0.266. The first-order valence-corrected chi connectivity index (χ1v) is 5.47. The van der Waals surface area contributed by atoms with E-state index in [4.69, 9.17) is 4.52 Å². The van der Waals surface area contributed by atoms with Crippen LogP contribution < -0.4 is 10.2 Å². The van der Waals surface area contributed by atoms with Crippen LogP contribution >= 0.6 is 0 Å². The second-order valence-electron chi connectivity index (χ2n) is 3.90. The Bertz CT molecular complexity index is 531. The van der Waals surface area contributed by atoms with Crippen molar-refractivity contribution < 1.29 is 9.32 Å². The standard InChI is InChI=1S/C12H14N4O2/c1-8-11(9(2)18-15-8)16(3)12(17)14-10-5-4-6-13-7-10/h4-7H,1-3H3,(H,14,17). The zero-order valence-electron chi connectivity index (χ0n) is 10.5. The minimum Gasteiger partial charge on any atom is -0.359 e. The lowest BCUT2D eigenvalue weighted by Crippen LogP contribution is -2.31. The zero-order chi connectivity index (χ0) is 13.1. The first-order valence-electron chi connectivity index (χ1n) is 5.47. The van der Waals surface area contributed by atoms with Crippen LogP contribution in [0, 0.1) is 13.8 Å². The second kappa shape index (κ2) is 4.87. The Kier molecular flexibility index (Phi) is 3.27. The van der Waals surface area contributed by atoms with E-state index in [0.717, 1.165) is 0 Å². The van der Waals surface area contributed by atoms with Gasteiger partial charge in [0, 0.05) is 13.2 Å². The van der Waals surface area contributed by atoms with Crippen LogP contribution in [0.3, 0.4) is 0 Å². The first-order chi connectivity index (χ1) is 8.59. The van der Waals surface area contributed by atoms with Crippen molar-refractivity contribution in [2.75, 3.05) is 17.3 Å². The molecular weight excluding hydrogens is 232 g/mol. The third-order valence-electron chi connectivity index (χ3n) is 2.55. The molecule has 0 radical (unpaired) electrons. The third-order valence-corrected chi connectivity index (χ3v) is 2.55. The molecule has 2 rings (SSSR count). The molecule has 2 aromatic heterocycles. The molecule has 0 saturated heterocycles. The average molecular weight is 246 g/mol. The quantitative estimate of drug-likeness (QED) is 0.882. The van der Waals surface area contributed by atoms with Gasteiger partial charge in [0.25, 0.3) is 0 Å². The van der Waals surface area contributed by atoms with Crippen molar-refractivity contribution in [2.45, 2.75) is 13.8 Å². The second-order valence-corrected chi connectivity index (χ2v) is 3.90. The predicted molar refractivity (Wildman–Crippen MR) is 67.6 cm³/mol. The summed E-state index contributed by atoms with van der Waals surface area (Å²) in [5.41, 5.74) is 1.99. The van der Waals surface area contributed by atoms with Gasteiger partial charge in [-0.2, -0.15) is 0 Å². The fourth-order valence-electron chi connectivity index (χ4n) is 1.70. The molecule has 0 aliphatic heterocycles. The highest BCUT2D eigenvalue weighted by molar-refractivity contribution is 6.01. The molecule has 0 unspecified atom stereocenters. The fraction of sp³-hybridized carbons (Fsp3) is 0.250. The first kappa shape index (κ1) is 12.1. The number of pyridine rings is 1. The number of rotatable bonds is 2. The third kappa shape index (κ3) is 2.32. The Morgan fingerprint density at radius 1 is 1.44 bits per heavy atom. The van der Waals surface area contributed by atoms with Crippen LogP contribution in [0.2, 0.25) is 0 Å². The number of amides is 2. The number of aromatic nitrogens is 2. The lowest BCUT2D eigenvalue weighted by molar-refractivity contribution is 0.258. The van der Waals surface area contributed by atoms with E-state index in [9.17, 15) is 4.79 Å². The largest absolute Gasteiger partial charge is 0.359 e.